The number of esters is 2. The zero-order chi connectivity index (χ0) is 11.1. The van der Waals surface area contributed by atoms with Crippen LogP contribution in [0.1, 0.15) is 13.8 Å². The topological polar surface area (TPSA) is 52.6 Å². The minimum atomic E-state index is -0.456. The number of hydrogen-bond donors (Lipinski definition) is 0. The Balaban J connectivity index is 4.60. The van der Waals surface area contributed by atoms with Crippen molar-refractivity contribution in [3.05, 3.63) is 23.3 Å². The fourth-order valence-corrected chi connectivity index (χ4v) is 0.700. The summed E-state index contributed by atoms with van der Waals surface area (Å²) in [5, 5.41) is 0. The molecular formula is C10H14O4. The van der Waals surface area contributed by atoms with Crippen molar-refractivity contribution in [2.45, 2.75) is 13.8 Å². The van der Waals surface area contributed by atoms with E-state index in [-0.39, 0.29) is 0 Å². The van der Waals surface area contributed by atoms with Crippen LogP contribution in [0.4, 0.5) is 0 Å². The van der Waals surface area contributed by atoms with E-state index in [4.69, 9.17) is 0 Å². The maximum Gasteiger partial charge on any atom is 0.333 e. The second kappa shape index (κ2) is 5.96. The van der Waals surface area contributed by atoms with E-state index < -0.39 is 11.9 Å². The lowest BCUT2D eigenvalue weighted by Gasteiger charge is -2.00. The lowest BCUT2D eigenvalue weighted by Crippen LogP contribution is -2.03. The molecule has 0 amide bonds. The van der Waals surface area contributed by atoms with Crippen LogP contribution in [-0.4, -0.2) is 26.2 Å². The van der Waals surface area contributed by atoms with Crippen LogP contribution in [0.2, 0.25) is 0 Å². The van der Waals surface area contributed by atoms with Crippen LogP contribution in [0.25, 0.3) is 0 Å². The molecule has 14 heavy (non-hydrogen) atoms. The van der Waals surface area contributed by atoms with Crippen molar-refractivity contribution in [2.24, 2.45) is 0 Å². The molecule has 0 unspecified atom stereocenters. The molecule has 0 aromatic heterocycles. The SMILES string of the molecule is COC(=O)/C=C\C(C)=C(\C)C(=O)OC. The van der Waals surface area contributed by atoms with E-state index in [1.807, 2.05) is 0 Å². The van der Waals surface area contributed by atoms with Gasteiger partial charge < -0.3 is 9.47 Å². The second-order valence-corrected chi connectivity index (χ2v) is 2.66. The van der Waals surface area contributed by atoms with Gasteiger partial charge in [-0.1, -0.05) is 6.08 Å². The predicted octanol–water partition coefficient (Wildman–Crippen LogP) is 1.22. The molecule has 4 heteroatoms. The van der Waals surface area contributed by atoms with Gasteiger partial charge in [-0.3, -0.25) is 0 Å². The fourth-order valence-electron chi connectivity index (χ4n) is 0.700. The number of carbonyl (C=O) groups excluding carboxylic acids is 2. The molecule has 0 bridgehead atoms. The van der Waals surface area contributed by atoms with Crippen LogP contribution in [0, 0.1) is 0 Å². The van der Waals surface area contributed by atoms with Crippen LogP contribution < -0.4 is 0 Å². The van der Waals surface area contributed by atoms with Gasteiger partial charge in [-0.15, -0.1) is 0 Å². The molecule has 0 fully saturated rings. The van der Waals surface area contributed by atoms with Crippen molar-refractivity contribution in [3.8, 4) is 0 Å². The van der Waals surface area contributed by atoms with E-state index in [0.29, 0.717) is 11.1 Å². The molecule has 0 N–H and O–H groups in total. The Morgan fingerprint density at radius 1 is 1.00 bits per heavy atom. The molecule has 0 aliphatic heterocycles. The zero-order valence-corrected chi connectivity index (χ0v) is 8.79. The Bertz CT molecular complexity index is 286. The Morgan fingerprint density at radius 2 is 1.57 bits per heavy atom. The third-order valence-corrected chi connectivity index (χ3v) is 1.75. The number of hydrogen-bond acceptors (Lipinski definition) is 4. The van der Waals surface area contributed by atoms with E-state index in [9.17, 15) is 9.59 Å². The predicted molar refractivity (Wildman–Crippen MR) is 51.5 cm³/mol. The highest BCUT2D eigenvalue weighted by Crippen LogP contribution is 2.06. The lowest BCUT2D eigenvalue weighted by molar-refractivity contribution is -0.136. The minimum Gasteiger partial charge on any atom is -0.466 e. The summed E-state index contributed by atoms with van der Waals surface area (Å²) in [7, 11) is 2.60. The number of allylic oxidation sites excluding steroid dienone is 2. The molecule has 0 aliphatic rings. The van der Waals surface area contributed by atoms with Crippen LogP contribution in [0.15, 0.2) is 23.3 Å². The van der Waals surface area contributed by atoms with Gasteiger partial charge in [-0.05, 0) is 19.4 Å². The molecule has 0 radical (unpaired) electrons. The Kier molecular flexibility index (Phi) is 5.29. The fraction of sp³-hybridized carbons (Fsp3) is 0.400. The van der Waals surface area contributed by atoms with E-state index in [0.717, 1.165) is 0 Å². The van der Waals surface area contributed by atoms with Crippen molar-refractivity contribution in [3.63, 3.8) is 0 Å². The molecule has 0 rings (SSSR count). The van der Waals surface area contributed by atoms with Crippen LogP contribution in [-0.2, 0) is 19.1 Å². The molecule has 0 aromatic rings. The number of ether oxygens (including phenoxy) is 2. The molecule has 0 aromatic carbocycles. The molecule has 0 saturated heterocycles. The Hall–Kier alpha value is -1.58. The summed E-state index contributed by atoms with van der Waals surface area (Å²) in [4.78, 5) is 21.8. The maximum absolute atomic E-state index is 11.0. The summed E-state index contributed by atoms with van der Waals surface area (Å²) in [5.41, 5.74) is 1.13. The van der Waals surface area contributed by atoms with Crippen molar-refractivity contribution in [1.29, 1.82) is 0 Å². The van der Waals surface area contributed by atoms with Gasteiger partial charge in [0.15, 0.2) is 0 Å². The molecule has 0 saturated carbocycles. The Morgan fingerprint density at radius 3 is 2.00 bits per heavy atom. The van der Waals surface area contributed by atoms with E-state index in [1.165, 1.54) is 26.4 Å². The molecule has 0 atom stereocenters. The number of rotatable bonds is 3. The first kappa shape index (κ1) is 12.4. The molecule has 0 aliphatic carbocycles. The first-order valence-corrected chi connectivity index (χ1v) is 4.04. The summed E-state index contributed by atoms with van der Waals surface area (Å²) in [5.74, 6) is -0.862. The van der Waals surface area contributed by atoms with Gasteiger partial charge in [0.1, 0.15) is 0 Å². The van der Waals surface area contributed by atoms with E-state index in [2.05, 4.69) is 9.47 Å². The lowest BCUT2D eigenvalue weighted by atomic mass is 10.1. The average molecular weight is 198 g/mol. The van der Waals surface area contributed by atoms with Gasteiger partial charge in [0, 0.05) is 11.6 Å². The summed E-state index contributed by atoms with van der Waals surface area (Å²) in [6, 6.07) is 0. The molecule has 78 valence electrons. The quantitative estimate of drug-likeness (QED) is 0.389. The normalized spacial score (nSPS) is 12.3. The average Bonchev–Trinajstić information content (AvgIpc) is 2.22. The Labute approximate surface area is 83.2 Å². The summed E-state index contributed by atoms with van der Waals surface area (Å²) in [6.45, 7) is 3.34. The molecular weight excluding hydrogens is 184 g/mol. The molecule has 4 nitrogen and oxygen atoms in total. The van der Waals surface area contributed by atoms with Crippen LogP contribution >= 0.6 is 0 Å². The highest BCUT2D eigenvalue weighted by molar-refractivity contribution is 5.89. The smallest absolute Gasteiger partial charge is 0.333 e. The monoisotopic (exact) mass is 198 g/mol. The third kappa shape index (κ3) is 3.89. The number of methoxy groups -OCH3 is 2. The van der Waals surface area contributed by atoms with Crippen molar-refractivity contribution in [1.82, 2.24) is 0 Å². The van der Waals surface area contributed by atoms with Gasteiger partial charge in [0.2, 0.25) is 0 Å². The van der Waals surface area contributed by atoms with Gasteiger partial charge in [-0.25, -0.2) is 9.59 Å². The van der Waals surface area contributed by atoms with Crippen molar-refractivity contribution < 1.29 is 19.1 Å². The standard InChI is InChI=1S/C10H14O4/c1-7(5-6-9(11)13-3)8(2)10(12)14-4/h5-6H,1-4H3/b6-5-,8-7-. The van der Waals surface area contributed by atoms with Gasteiger partial charge in [0.25, 0.3) is 0 Å². The minimum absolute atomic E-state index is 0.406. The van der Waals surface area contributed by atoms with Gasteiger partial charge >= 0.3 is 11.9 Å². The largest absolute Gasteiger partial charge is 0.466 e. The summed E-state index contributed by atoms with van der Waals surface area (Å²) in [6.07, 6.45) is 2.76. The van der Waals surface area contributed by atoms with E-state index >= 15 is 0 Å². The van der Waals surface area contributed by atoms with Crippen LogP contribution in [0.5, 0.6) is 0 Å². The van der Waals surface area contributed by atoms with Crippen molar-refractivity contribution in [2.75, 3.05) is 14.2 Å². The van der Waals surface area contributed by atoms with Gasteiger partial charge in [-0.2, -0.15) is 0 Å². The number of carbonyl (C=O) groups is 2. The maximum atomic E-state index is 11.0. The van der Waals surface area contributed by atoms with Crippen LogP contribution in [0.3, 0.4) is 0 Å². The zero-order valence-electron chi connectivity index (χ0n) is 8.79. The molecule has 0 spiro atoms. The van der Waals surface area contributed by atoms with E-state index in [1.54, 1.807) is 13.8 Å². The first-order chi connectivity index (χ1) is 6.52. The van der Waals surface area contributed by atoms with Gasteiger partial charge in [0.05, 0.1) is 14.2 Å². The highest BCUT2D eigenvalue weighted by Gasteiger charge is 2.05. The first-order valence-electron chi connectivity index (χ1n) is 4.04. The molecule has 0 heterocycles. The summed E-state index contributed by atoms with van der Waals surface area (Å²) < 4.78 is 8.92. The summed E-state index contributed by atoms with van der Waals surface area (Å²) >= 11 is 0. The third-order valence-electron chi connectivity index (χ3n) is 1.75. The van der Waals surface area contributed by atoms with Crippen molar-refractivity contribution >= 4 is 11.9 Å². The second-order valence-electron chi connectivity index (χ2n) is 2.66. The highest BCUT2D eigenvalue weighted by atomic mass is 16.5.